The van der Waals surface area contributed by atoms with Gasteiger partial charge in [-0.15, -0.1) is 0 Å². The van der Waals surface area contributed by atoms with Gasteiger partial charge in [0.2, 0.25) is 5.78 Å². The predicted octanol–water partition coefficient (Wildman–Crippen LogP) is 3.98. The number of ketones is 1. The lowest BCUT2D eigenvalue weighted by Crippen LogP contribution is -2.25. The maximum atomic E-state index is 12.4. The summed E-state index contributed by atoms with van der Waals surface area (Å²) in [7, 11) is 1.55. The molecule has 1 atom stereocenters. The first kappa shape index (κ1) is 19.9. The van der Waals surface area contributed by atoms with Gasteiger partial charge >= 0.3 is 5.97 Å². The highest BCUT2D eigenvalue weighted by molar-refractivity contribution is 6.03. The molecule has 2 aromatic carbocycles. The van der Waals surface area contributed by atoms with Crippen molar-refractivity contribution in [2.45, 2.75) is 26.4 Å². The zero-order chi connectivity index (χ0) is 19.8. The van der Waals surface area contributed by atoms with E-state index in [0.29, 0.717) is 16.9 Å². The number of hydrogen-bond acceptors (Lipinski definition) is 5. The fraction of sp³-hybridized carbons (Fsp3) is 0.227. The van der Waals surface area contributed by atoms with Crippen molar-refractivity contribution in [3.63, 3.8) is 0 Å². The Bertz CT molecular complexity index is 874. The largest absolute Gasteiger partial charge is 0.497 e. The summed E-state index contributed by atoms with van der Waals surface area (Å²) in [6.07, 6.45) is 1.30. The van der Waals surface area contributed by atoms with E-state index in [9.17, 15) is 14.9 Å². The van der Waals surface area contributed by atoms with E-state index in [1.54, 1.807) is 43.5 Å². The van der Waals surface area contributed by atoms with Crippen LogP contribution in [0, 0.1) is 11.3 Å². The Morgan fingerprint density at radius 2 is 1.74 bits per heavy atom. The number of nitriles is 1. The highest BCUT2D eigenvalue weighted by Crippen LogP contribution is 2.16. The molecule has 5 nitrogen and oxygen atoms in total. The van der Waals surface area contributed by atoms with Crippen molar-refractivity contribution >= 4 is 17.8 Å². The van der Waals surface area contributed by atoms with Gasteiger partial charge in [-0.05, 0) is 42.7 Å². The normalized spacial score (nSPS) is 12.0. The van der Waals surface area contributed by atoms with Crippen molar-refractivity contribution < 1.29 is 19.1 Å². The highest BCUT2D eigenvalue weighted by Gasteiger charge is 2.21. The summed E-state index contributed by atoms with van der Waals surface area (Å²) in [5.41, 5.74) is 2.05. The van der Waals surface area contributed by atoms with Gasteiger partial charge in [-0.1, -0.05) is 43.3 Å². The first-order chi connectivity index (χ1) is 13.0. The van der Waals surface area contributed by atoms with Gasteiger partial charge in [0.25, 0.3) is 0 Å². The lowest BCUT2D eigenvalue weighted by molar-refractivity contribution is -0.141. The van der Waals surface area contributed by atoms with E-state index in [-0.39, 0.29) is 11.4 Å². The molecule has 0 amide bonds. The van der Waals surface area contributed by atoms with Crippen molar-refractivity contribution in [2.24, 2.45) is 0 Å². The van der Waals surface area contributed by atoms with Gasteiger partial charge in [0.1, 0.15) is 17.4 Å². The second kappa shape index (κ2) is 9.35. The molecule has 0 fully saturated rings. The third kappa shape index (κ3) is 5.29. The minimum absolute atomic E-state index is 0.179. The van der Waals surface area contributed by atoms with Crippen LogP contribution in [0.15, 0.2) is 54.1 Å². The number of aryl methyl sites for hydroxylation is 1. The molecule has 0 aliphatic heterocycles. The molecule has 0 aliphatic carbocycles. The molecule has 0 bridgehead atoms. The van der Waals surface area contributed by atoms with Crippen LogP contribution in [-0.2, 0) is 16.0 Å². The number of rotatable bonds is 7. The van der Waals surface area contributed by atoms with Crippen molar-refractivity contribution in [1.29, 1.82) is 5.26 Å². The molecular weight excluding hydrogens is 342 g/mol. The Kier molecular flexibility index (Phi) is 6.90. The van der Waals surface area contributed by atoms with Gasteiger partial charge in [-0.3, -0.25) is 4.79 Å². The summed E-state index contributed by atoms with van der Waals surface area (Å²) in [6.45, 7) is 3.52. The Labute approximate surface area is 158 Å². The number of ether oxygens (including phenoxy) is 2. The Hall–Kier alpha value is -3.39. The van der Waals surface area contributed by atoms with E-state index >= 15 is 0 Å². The van der Waals surface area contributed by atoms with Crippen molar-refractivity contribution in [1.82, 2.24) is 0 Å². The summed E-state index contributed by atoms with van der Waals surface area (Å²) in [6, 6.07) is 15.9. The van der Waals surface area contributed by atoms with E-state index in [4.69, 9.17) is 9.47 Å². The number of Topliss-reactive ketones (excluding diaryl/α,β-unsaturated/α-hetero) is 1. The van der Waals surface area contributed by atoms with Gasteiger partial charge in [-0.25, -0.2) is 4.79 Å². The molecule has 2 aromatic rings. The SMILES string of the molecule is CCc1ccc(C(=O)[C@@H](C)OC(=O)/C(C#N)=C/c2ccc(OC)cc2)cc1. The second-order valence-corrected chi connectivity index (χ2v) is 5.91. The number of carbonyl (C=O) groups is 2. The fourth-order valence-corrected chi connectivity index (χ4v) is 2.42. The van der Waals surface area contributed by atoms with Crippen LogP contribution in [0.5, 0.6) is 5.75 Å². The number of methoxy groups -OCH3 is 1. The van der Waals surface area contributed by atoms with Crippen molar-refractivity contribution in [3.8, 4) is 11.8 Å². The lowest BCUT2D eigenvalue weighted by Gasteiger charge is -2.12. The maximum absolute atomic E-state index is 12.4. The summed E-state index contributed by atoms with van der Waals surface area (Å²) in [5, 5.41) is 9.26. The second-order valence-electron chi connectivity index (χ2n) is 5.91. The molecule has 0 saturated heterocycles. The van der Waals surface area contributed by atoms with Crippen LogP contribution < -0.4 is 4.74 Å². The fourth-order valence-electron chi connectivity index (χ4n) is 2.42. The van der Waals surface area contributed by atoms with Crippen LogP contribution in [0.25, 0.3) is 6.08 Å². The molecule has 0 aromatic heterocycles. The first-order valence-electron chi connectivity index (χ1n) is 8.58. The smallest absolute Gasteiger partial charge is 0.349 e. The Morgan fingerprint density at radius 3 is 2.26 bits per heavy atom. The summed E-state index contributed by atoms with van der Waals surface area (Å²) in [5.74, 6) is -0.478. The minimum atomic E-state index is -0.988. The van der Waals surface area contributed by atoms with E-state index in [1.807, 2.05) is 25.1 Å². The van der Waals surface area contributed by atoms with Gasteiger partial charge in [0.05, 0.1) is 7.11 Å². The molecule has 0 unspecified atom stereocenters. The average molecular weight is 363 g/mol. The molecule has 0 saturated carbocycles. The number of carbonyl (C=O) groups excluding carboxylic acids is 2. The molecule has 0 N–H and O–H groups in total. The predicted molar refractivity (Wildman–Crippen MR) is 102 cm³/mol. The molecule has 0 heterocycles. The quantitative estimate of drug-likeness (QED) is 0.322. The van der Waals surface area contributed by atoms with E-state index in [1.165, 1.54) is 13.0 Å². The van der Waals surface area contributed by atoms with Gasteiger partial charge in [-0.2, -0.15) is 5.26 Å². The van der Waals surface area contributed by atoms with Crippen LogP contribution in [0.4, 0.5) is 0 Å². The van der Waals surface area contributed by atoms with E-state index in [2.05, 4.69) is 0 Å². The molecule has 5 heteroatoms. The molecule has 0 spiro atoms. The monoisotopic (exact) mass is 363 g/mol. The molecule has 0 aliphatic rings. The van der Waals surface area contributed by atoms with Crippen LogP contribution >= 0.6 is 0 Å². The van der Waals surface area contributed by atoms with Crippen LogP contribution in [0.3, 0.4) is 0 Å². The van der Waals surface area contributed by atoms with Gasteiger partial charge in [0.15, 0.2) is 6.10 Å². The van der Waals surface area contributed by atoms with Crippen LogP contribution in [0.1, 0.15) is 35.3 Å². The first-order valence-corrected chi connectivity index (χ1v) is 8.58. The number of esters is 1. The lowest BCUT2D eigenvalue weighted by atomic mass is 10.0. The summed E-state index contributed by atoms with van der Waals surface area (Å²) >= 11 is 0. The van der Waals surface area contributed by atoms with Gasteiger partial charge in [0, 0.05) is 5.56 Å². The molecule has 2 rings (SSSR count). The summed E-state index contributed by atoms with van der Waals surface area (Å²) in [4.78, 5) is 24.7. The number of hydrogen-bond donors (Lipinski definition) is 0. The minimum Gasteiger partial charge on any atom is -0.497 e. The maximum Gasteiger partial charge on any atom is 0.349 e. The molecular formula is C22H21NO4. The van der Waals surface area contributed by atoms with Crippen molar-refractivity contribution in [2.75, 3.05) is 7.11 Å². The van der Waals surface area contributed by atoms with E-state index < -0.39 is 12.1 Å². The topological polar surface area (TPSA) is 76.4 Å². The van der Waals surface area contributed by atoms with Crippen LogP contribution in [0.2, 0.25) is 0 Å². The highest BCUT2D eigenvalue weighted by atomic mass is 16.5. The number of benzene rings is 2. The Balaban J connectivity index is 2.08. The molecule has 138 valence electrons. The zero-order valence-corrected chi connectivity index (χ0v) is 15.6. The average Bonchev–Trinajstić information content (AvgIpc) is 2.71. The number of nitrogens with zero attached hydrogens (tertiary/aromatic N) is 1. The van der Waals surface area contributed by atoms with Crippen LogP contribution in [-0.4, -0.2) is 25.0 Å². The third-order valence-electron chi connectivity index (χ3n) is 4.07. The van der Waals surface area contributed by atoms with Crippen molar-refractivity contribution in [3.05, 3.63) is 70.8 Å². The Morgan fingerprint density at radius 1 is 1.11 bits per heavy atom. The standard InChI is InChI=1S/C22H21NO4/c1-4-16-5-9-18(10-6-16)21(24)15(2)27-22(25)19(14-23)13-17-7-11-20(26-3)12-8-17/h5-13,15H,4H2,1-3H3/b19-13+/t15-/m1/s1. The summed E-state index contributed by atoms with van der Waals surface area (Å²) < 4.78 is 10.3. The van der Waals surface area contributed by atoms with Gasteiger partial charge < -0.3 is 9.47 Å². The third-order valence-corrected chi connectivity index (χ3v) is 4.07. The molecule has 27 heavy (non-hydrogen) atoms. The molecule has 0 radical (unpaired) electrons. The van der Waals surface area contributed by atoms with E-state index in [0.717, 1.165) is 12.0 Å². The zero-order valence-electron chi connectivity index (χ0n) is 15.6.